The number of nitrogens with one attached hydrogen (secondary N) is 1. The molecule has 160 valence electrons. The van der Waals surface area contributed by atoms with Crippen molar-refractivity contribution in [3.63, 3.8) is 0 Å². The molecule has 2 aromatic heterocycles. The molecule has 0 aliphatic carbocycles. The Morgan fingerprint density at radius 2 is 1.84 bits per heavy atom. The average molecular weight is 442 g/mol. The van der Waals surface area contributed by atoms with E-state index in [0.29, 0.717) is 22.5 Å². The number of phenols is 1. The van der Waals surface area contributed by atoms with Gasteiger partial charge in [-0.1, -0.05) is 35.9 Å². The van der Waals surface area contributed by atoms with Gasteiger partial charge < -0.3 is 19.6 Å². The van der Waals surface area contributed by atoms with Crippen molar-refractivity contribution in [2.24, 2.45) is 0 Å². The predicted molar refractivity (Wildman–Crippen MR) is 119 cm³/mol. The number of hydrogen-bond donors (Lipinski definition) is 2. The number of ether oxygens (including phenoxy) is 2. The Balaban J connectivity index is 1.83. The number of hydrogen-bond acceptors (Lipinski definition) is 5. The highest BCUT2D eigenvalue weighted by Crippen LogP contribution is 2.37. The molecule has 9 heteroatoms. The normalized spacial score (nSPS) is 11.2. The summed E-state index contributed by atoms with van der Waals surface area (Å²) in [5.74, 6) is 0.419. The molecule has 0 atom stereocenters. The Morgan fingerprint density at radius 1 is 1.10 bits per heavy atom. The summed E-state index contributed by atoms with van der Waals surface area (Å²) >= 11 is 6.42. The van der Waals surface area contributed by atoms with Crippen LogP contribution in [0.25, 0.3) is 27.8 Å². The standard InChI is InChI=1S/C22H20ClN3O5/c1-30-11-10-25-21(28)19-16(24-22(25)29)12-18(23)26(19)14-8-6-13(7-9-14)15-4-3-5-17(31-2)20(15)27/h3-9,12,27H,10-11H2,1-2H3,(H,24,29). The third-order valence-corrected chi connectivity index (χ3v) is 5.34. The van der Waals surface area contributed by atoms with Gasteiger partial charge in [-0.25, -0.2) is 4.79 Å². The number of halogens is 1. The molecule has 0 spiro atoms. The van der Waals surface area contributed by atoms with Crippen LogP contribution in [0, 0.1) is 0 Å². The van der Waals surface area contributed by atoms with Gasteiger partial charge in [0.15, 0.2) is 11.5 Å². The molecule has 0 saturated heterocycles. The zero-order valence-corrected chi connectivity index (χ0v) is 17.6. The summed E-state index contributed by atoms with van der Waals surface area (Å²) in [4.78, 5) is 28.0. The molecule has 8 nitrogen and oxygen atoms in total. The van der Waals surface area contributed by atoms with Crippen molar-refractivity contribution in [1.82, 2.24) is 14.1 Å². The summed E-state index contributed by atoms with van der Waals surface area (Å²) < 4.78 is 12.8. The summed E-state index contributed by atoms with van der Waals surface area (Å²) in [7, 11) is 2.99. The van der Waals surface area contributed by atoms with Crippen LogP contribution in [0.1, 0.15) is 0 Å². The van der Waals surface area contributed by atoms with Gasteiger partial charge in [0.05, 0.1) is 25.8 Å². The van der Waals surface area contributed by atoms with E-state index in [4.69, 9.17) is 21.1 Å². The molecule has 2 heterocycles. The molecule has 0 unspecified atom stereocenters. The molecule has 0 aliphatic rings. The van der Waals surface area contributed by atoms with Crippen LogP contribution in [0.2, 0.25) is 5.15 Å². The quantitative estimate of drug-likeness (QED) is 0.479. The van der Waals surface area contributed by atoms with Crippen molar-refractivity contribution >= 4 is 22.6 Å². The Bertz CT molecular complexity index is 1370. The number of methoxy groups -OCH3 is 2. The number of benzene rings is 2. The number of H-pyrrole nitrogens is 1. The highest BCUT2D eigenvalue weighted by molar-refractivity contribution is 6.31. The average Bonchev–Trinajstić information content (AvgIpc) is 3.09. The van der Waals surface area contributed by atoms with Crippen LogP contribution in [0.3, 0.4) is 0 Å². The van der Waals surface area contributed by atoms with Crippen molar-refractivity contribution in [3.05, 3.63) is 74.5 Å². The first-order valence-corrected chi connectivity index (χ1v) is 9.84. The van der Waals surface area contributed by atoms with E-state index >= 15 is 0 Å². The number of aromatic nitrogens is 3. The number of fused-ring (bicyclic) bond motifs is 1. The number of aromatic amines is 1. The molecule has 0 aliphatic heterocycles. The van der Waals surface area contributed by atoms with Crippen LogP contribution in [0.4, 0.5) is 0 Å². The van der Waals surface area contributed by atoms with E-state index in [2.05, 4.69) is 4.98 Å². The molecule has 0 radical (unpaired) electrons. The van der Waals surface area contributed by atoms with E-state index in [0.717, 1.165) is 10.1 Å². The van der Waals surface area contributed by atoms with Crippen LogP contribution in [-0.2, 0) is 11.3 Å². The van der Waals surface area contributed by atoms with Crippen LogP contribution in [-0.4, -0.2) is 40.1 Å². The van der Waals surface area contributed by atoms with Crippen molar-refractivity contribution in [1.29, 1.82) is 0 Å². The van der Waals surface area contributed by atoms with Crippen LogP contribution < -0.4 is 16.0 Å². The van der Waals surface area contributed by atoms with Crippen molar-refractivity contribution < 1.29 is 14.6 Å². The van der Waals surface area contributed by atoms with Gasteiger partial charge in [0.1, 0.15) is 10.7 Å². The zero-order valence-electron chi connectivity index (χ0n) is 16.9. The monoisotopic (exact) mass is 441 g/mol. The first-order chi connectivity index (χ1) is 15.0. The van der Waals surface area contributed by atoms with Crippen LogP contribution in [0.5, 0.6) is 11.5 Å². The molecule has 4 rings (SSSR count). The molecule has 0 saturated carbocycles. The maximum atomic E-state index is 13.0. The Labute approximate surface area is 181 Å². The second-order valence-corrected chi connectivity index (χ2v) is 7.24. The Hall–Kier alpha value is -3.49. The van der Waals surface area contributed by atoms with E-state index < -0.39 is 11.2 Å². The summed E-state index contributed by atoms with van der Waals surface area (Å²) in [6.07, 6.45) is 0. The fourth-order valence-electron chi connectivity index (χ4n) is 3.54. The van der Waals surface area contributed by atoms with Gasteiger partial charge >= 0.3 is 5.69 Å². The Morgan fingerprint density at radius 3 is 2.52 bits per heavy atom. The fourth-order valence-corrected chi connectivity index (χ4v) is 3.83. The second kappa shape index (κ2) is 8.33. The van der Waals surface area contributed by atoms with E-state index in [9.17, 15) is 14.7 Å². The van der Waals surface area contributed by atoms with Crippen molar-refractivity contribution in [2.75, 3.05) is 20.8 Å². The summed E-state index contributed by atoms with van der Waals surface area (Å²) in [6.45, 7) is 0.346. The van der Waals surface area contributed by atoms with Gasteiger partial charge in [0.2, 0.25) is 0 Å². The lowest BCUT2D eigenvalue weighted by atomic mass is 10.0. The SMILES string of the molecule is COCCn1c(=O)[nH]c2cc(Cl)n(-c3ccc(-c4cccc(OC)c4O)cc3)c2c1=O. The maximum Gasteiger partial charge on any atom is 0.329 e. The summed E-state index contributed by atoms with van der Waals surface area (Å²) in [6, 6.07) is 14.0. The summed E-state index contributed by atoms with van der Waals surface area (Å²) in [5, 5.41) is 10.7. The largest absolute Gasteiger partial charge is 0.504 e. The highest BCUT2D eigenvalue weighted by Gasteiger charge is 2.17. The third kappa shape index (κ3) is 3.60. The molecular formula is C22H20ClN3O5. The number of nitrogens with zero attached hydrogens (tertiary/aromatic N) is 2. The van der Waals surface area contributed by atoms with Gasteiger partial charge in [-0.15, -0.1) is 0 Å². The molecule has 0 fully saturated rings. The van der Waals surface area contributed by atoms with E-state index in [1.165, 1.54) is 14.2 Å². The first-order valence-electron chi connectivity index (χ1n) is 9.46. The van der Waals surface area contributed by atoms with Crippen LogP contribution >= 0.6 is 11.6 Å². The lowest BCUT2D eigenvalue weighted by Gasteiger charge is -2.11. The number of rotatable bonds is 6. The smallest absolute Gasteiger partial charge is 0.329 e. The molecule has 2 N–H and O–H groups in total. The topological polar surface area (TPSA) is 98.5 Å². The van der Waals surface area contributed by atoms with E-state index in [1.54, 1.807) is 53.1 Å². The molecule has 0 bridgehead atoms. The number of aromatic hydroxyl groups is 1. The van der Waals surface area contributed by atoms with Crippen molar-refractivity contribution in [2.45, 2.75) is 6.54 Å². The van der Waals surface area contributed by atoms with E-state index in [-0.39, 0.29) is 29.6 Å². The third-order valence-electron chi connectivity index (χ3n) is 5.06. The predicted octanol–water partition coefficient (Wildman–Crippen LogP) is 3.16. The molecule has 4 aromatic rings. The van der Waals surface area contributed by atoms with E-state index in [1.807, 2.05) is 0 Å². The number of para-hydroxylation sites is 1. The lowest BCUT2D eigenvalue weighted by Crippen LogP contribution is -2.36. The van der Waals surface area contributed by atoms with Crippen LogP contribution in [0.15, 0.2) is 58.1 Å². The molecule has 0 amide bonds. The Kier molecular flexibility index (Phi) is 5.58. The minimum atomic E-state index is -0.521. The minimum absolute atomic E-state index is 0.0424. The number of phenolic OH excluding ortho intramolecular Hbond substituents is 1. The minimum Gasteiger partial charge on any atom is -0.504 e. The van der Waals surface area contributed by atoms with Gasteiger partial charge in [-0.3, -0.25) is 13.9 Å². The molecular weight excluding hydrogens is 422 g/mol. The van der Waals surface area contributed by atoms with Gasteiger partial charge in [-0.2, -0.15) is 0 Å². The van der Waals surface area contributed by atoms with Crippen molar-refractivity contribution in [3.8, 4) is 28.3 Å². The molecule has 31 heavy (non-hydrogen) atoms. The maximum absolute atomic E-state index is 13.0. The second-order valence-electron chi connectivity index (χ2n) is 6.85. The lowest BCUT2D eigenvalue weighted by molar-refractivity contribution is 0.185. The first kappa shape index (κ1) is 20.8. The summed E-state index contributed by atoms with van der Waals surface area (Å²) in [5.41, 5.74) is 1.64. The molecule has 2 aromatic carbocycles. The van der Waals surface area contributed by atoms with Gasteiger partial charge in [0.25, 0.3) is 5.56 Å². The fraction of sp³-hybridized carbons (Fsp3) is 0.182. The van der Waals surface area contributed by atoms with Gasteiger partial charge in [0, 0.05) is 18.4 Å². The highest BCUT2D eigenvalue weighted by atomic mass is 35.5. The van der Waals surface area contributed by atoms with Gasteiger partial charge in [-0.05, 0) is 29.8 Å². The zero-order chi connectivity index (χ0) is 22.1.